The average Bonchev–Trinajstić information content (AvgIpc) is 3.15. The molecule has 1 aromatic carbocycles. The van der Waals surface area contributed by atoms with Crippen molar-refractivity contribution in [3.8, 4) is 0 Å². The summed E-state index contributed by atoms with van der Waals surface area (Å²) in [6.07, 6.45) is 3.97. The molecule has 7 nitrogen and oxygen atoms in total. The van der Waals surface area contributed by atoms with Crippen molar-refractivity contribution in [3.63, 3.8) is 0 Å². The van der Waals surface area contributed by atoms with Gasteiger partial charge in [-0.05, 0) is 36.8 Å². The Hall–Kier alpha value is -2.70. The Bertz CT molecular complexity index is 831. The van der Waals surface area contributed by atoms with Gasteiger partial charge in [-0.1, -0.05) is 36.3 Å². The summed E-state index contributed by atoms with van der Waals surface area (Å²) in [4.78, 5) is 31.1. The van der Waals surface area contributed by atoms with Crippen LogP contribution >= 0.6 is 0 Å². The van der Waals surface area contributed by atoms with Crippen molar-refractivity contribution in [2.75, 3.05) is 0 Å². The van der Waals surface area contributed by atoms with Crippen LogP contribution in [0.2, 0.25) is 0 Å². The largest absolute Gasteiger partial charge is 0.339 e. The summed E-state index contributed by atoms with van der Waals surface area (Å²) in [6.45, 7) is 2.05. The van der Waals surface area contributed by atoms with Gasteiger partial charge in [0.25, 0.3) is 5.91 Å². The maximum absolute atomic E-state index is 13.1. The second kappa shape index (κ2) is 5.98. The van der Waals surface area contributed by atoms with Gasteiger partial charge in [0.05, 0.1) is 6.54 Å². The minimum atomic E-state index is -0.956. The van der Waals surface area contributed by atoms with E-state index in [9.17, 15) is 9.59 Å². The number of amides is 3. The Balaban J connectivity index is 1.62. The van der Waals surface area contributed by atoms with Crippen LogP contribution in [0.3, 0.4) is 0 Å². The fraction of sp³-hybridized carbons (Fsp3) is 0.444. The summed E-state index contributed by atoms with van der Waals surface area (Å²) < 4.78 is 5.15. The number of aryl methyl sites for hydroxylation is 2. The van der Waals surface area contributed by atoms with Crippen molar-refractivity contribution in [1.29, 1.82) is 0 Å². The van der Waals surface area contributed by atoms with E-state index in [-0.39, 0.29) is 12.5 Å². The fourth-order valence-corrected chi connectivity index (χ4v) is 3.77. The first-order chi connectivity index (χ1) is 12.1. The van der Waals surface area contributed by atoms with Crippen LogP contribution in [0.4, 0.5) is 4.79 Å². The molecule has 25 heavy (non-hydrogen) atoms. The first kappa shape index (κ1) is 15.8. The number of hydrogen-bond donors (Lipinski definition) is 1. The fourth-order valence-electron chi connectivity index (χ4n) is 3.77. The molecule has 2 heterocycles. The molecule has 0 unspecified atom stereocenters. The molecule has 2 aromatic rings. The summed E-state index contributed by atoms with van der Waals surface area (Å²) in [6, 6.07) is 7.43. The van der Waals surface area contributed by atoms with Crippen molar-refractivity contribution < 1.29 is 14.1 Å². The molecular weight excluding hydrogens is 320 g/mol. The maximum atomic E-state index is 13.1. The number of urea groups is 1. The number of benzene rings is 1. The zero-order valence-corrected chi connectivity index (χ0v) is 14.1. The third kappa shape index (κ3) is 2.50. The molecule has 1 aliphatic heterocycles. The van der Waals surface area contributed by atoms with Crippen molar-refractivity contribution in [2.24, 2.45) is 0 Å². The summed E-state index contributed by atoms with van der Waals surface area (Å²) in [7, 11) is 0. The number of nitrogens with zero attached hydrogens (tertiary/aromatic N) is 3. The zero-order valence-electron chi connectivity index (χ0n) is 14.1. The minimum Gasteiger partial charge on any atom is -0.339 e. The van der Waals surface area contributed by atoms with Crippen molar-refractivity contribution in [2.45, 2.75) is 51.1 Å². The minimum absolute atomic E-state index is 0.0296. The van der Waals surface area contributed by atoms with E-state index in [0.29, 0.717) is 24.6 Å². The highest BCUT2D eigenvalue weighted by Gasteiger charge is 2.54. The van der Waals surface area contributed by atoms with E-state index in [1.165, 1.54) is 4.90 Å². The SMILES string of the molecule is CCCc1nc(CN2C(=O)N[C@]3(CCCc4ccccc43)C2=O)no1. The normalized spacial score (nSPS) is 22.4. The molecule has 0 saturated carbocycles. The molecule has 2 aliphatic rings. The Morgan fingerprint density at radius 2 is 2.16 bits per heavy atom. The summed E-state index contributed by atoms with van der Waals surface area (Å²) in [5.74, 6) is 0.655. The van der Waals surface area contributed by atoms with E-state index in [1.54, 1.807) is 0 Å². The lowest BCUT2D eigenvalue weighted by Crippen LogP contribution is -2.46. The second-order valence-corrected chi connectivity index (χ2v) is 6.59. The molecule has 1 spiro atoms. The van der Waals surface area contributed by atoms with Gasteiger partial charge in [-0.15, -0.1) is 0 Å². The Kier molecular flexibility index (Phi) is 3.78. The van der Waals surface area contributed by atoms with Crippen LogP contribution in [0.25, 0.3) is 0 Å². The third-order valence-corrected chi connectivity index (χ3v) is 4.92. The molecule has 1 aromatic heterocycles. The molecule has 0 bridgehead atoms. The smallest absolute Gasteiger partial charge is 0.325 e. The Morgan fingerprint density at radius 1 is 1.32 bits per heavy atom. The first-order valence-electron chi connectivity index (χ1n) is 8.68. The predicted molar refractivity (Wildman–Crippen MR) is 88.4 cm³/mol. The lowest BCUT2D eigenvalue weighted by molar-refractivity contribution is -0.132. The van der Waals surface area contributed by atoms with Gasteiger partial charge in [0.1, 0.15) is 5.54 Å². The molecule has 1 saturated heterocycles. The van der Waals surface area contributed by atoms with Crippen LogP contribution < -0.4 is 5.32 Å². The Morgan fingerprint density at radius 3 is 3.00 bits per heavy atom. The van der Waals surface area contributed by atoms with Crippen LogP contribution in [0, 0.1) is 0 Å². The third-order valence-electron chi connectivity index (χ3n) is 4.92. The van der Waals surface area contributed by atoms with Crippen LogP contribution in [0.15, 0.2) is 28.8 Å². The number of carbonyl (C=O) groups is 2. The van der Waals surface area contributed by atoms with Gasteiger partial charge in [-0.2, -0.15) is 4.98 Å². The van der Waals surface area contributed by atoms with Crippen LogP contribution in [-0.2, 0) is 29.7 Å². The quantitative estimate of drug-likeness (QED) is 0.863. The van der Waals surface area contributed by atoms with Crippen LogP contribution in [-0.4, -0.2) is 27.0 Å². The van der Waals surface area contributed by atoms with Crippen molar-refractivity contribution in [3.05, 3.63) is 47.1 Å². The number of carbonyl (C=O) groups excluding carboxylic acids is 2. The first-order valence-corrected chi connectivity index (χ1v) is 8.68. The van der Waals surface area contributed by atoms with E-state index in [4.69, 9.17) is 4.52 Å². The monoisotopic (exact) mass is 340 g/mol. The number of imide groups is 1. The highest BCUT2D eigenvalue weighted by molar-refractivity contribution is 6.07. The van der Waals surface area contributed by atoms with Crippen molar-refractivity contribution >= 4 is 11.9 Å². The van der Waals surface area contributed by atoms with Gasteiger partial charge < -0.3 is 9.84 Å². The highest BCUT2D eigenvalue weighted by atomic mass is 16.5. The summed E-state index contributed by atoms with van der Waals surface area (Å²) in [5, 5.41) is 6.81. The van der Waals surface area contributed by atoms with Gasteiger partial charge in [-0.25, -0.2) is 4.79 Å². The number of fused-ring (bicyclic) bond motifs is 2. The van der Waals surface area contributed by atoms with E-state index in [2.05, 4.69) is 15.5 Å². The summed E-state index contributed by atoms with van der Waals surface area (Å²) in [5.41, 5.74) is 1.07. The molecule has 3 amide bonds. The highest BCUT2D eigenvalue weighted by Crippen LogP contribution is 2.40. The van der Waals surface area contributed by atoms with E-state index in [1.807, 2.05) is 31.2 Å². The average molecular weight is 340 g/mol. The zero-order chi connectivity index (χ0) is 17.4. The molecule has 130 valence electrons. The molecule has 1 atom stereocenters. The topological polar surface area (TPSA) is 88.3 Å². The van der Waals surface area contributed by atoms with Gasteiger partial charge in [0.15, 0.2) is 5.82 Å². The molecule has 1 fully saturated rings. The molecule has 0 radical (unpaired) electrons. The predicted octanol–water partition coefficient (Wildman–Crippen LogP) is 2.31. The van der Waals surface area contributed by atoms with E-state index >= 15 is 0 Å². The van der Waals surface area contributed by atoms with E-state index < -0.39 is 11.6 Å². The van der Waals surface area contributed by atoms with Crippen LogP contribution in [0.1, 0.15) is 49.0 Å². The number of hydrogen-bond acceptors (Lipinski definition) is 5. The van der Waals surface area contributed by atoms with Crippen molar-refractivity contribution in [1.82, 2.24) is 20.4 Å². The van der Waals surface area contributed by atoms with Gasteiger partial charge in [0.2, 0.25) is 5.89 Å². The molecular formula is C18H20N4O3. The van der Waals surface area contributed by atoms with Gasteiger partial charge in [-0.3, -0.25) is 9.69 Å². The second-order valence-electron chi connectivity index (χ2n) is 6.59. The molecule has 1 aliphatic carbocycles. The molecule has 4 rings (SSSR count). The molecule has 7 heteroatoms. The van der Waals surface area contributed by atoms with Crippen LogP contribution in [0.5, 0.6) is 0 Å². The number of rotatable bonds is 4. The lowest BCUT2D eigenvalue weighted by Gasteiger charge is -2.33. The maximum Gasteiger partial charge on any atom is 0.325 e. The number of aromatic nitrogens is 2. The standard InChI is InChI=1S/C18H20N4O3/c1-2-6-15-19-14(21-25-15)11-22-16(23)18(20-17(22)24)10-5-8-12-7-3-4-9-13(12)18/h3-4,7,9H,2,5-6,8,10-11H2,1H3,(H,20,24)/t18-/m0/s1. The van der Waals surface area contributed by atoms with Gasteiger partial charge in [0, 0.05) is 6.42 Å². The summed E-state index contributed by atoms with van der Waals surface area (Å²) >= 11 is 0. The lowest BCUT2D eigenvalue weighted by atomic mass is 9.76. The number of nitrogens with one attached hydrogen (secondary N) is 1. The van der Waals surface area contributed by atoms with E-state index in [0.717, 1.165) is 30.4 Å². The molecule has 1 N–H and O–H groups in total. The Labute approximate surface area is 145 Å². The van der Waals surface area contributed by atoms with Gasteiger partial charge >= 0.3 is 6.03 Å².